The zero-order chi connectivity index (χ0) is 18.4. The second kappa shape index (κ2) is 8.36. The van der Waals surface area contributed by atoms with Crippen molar-refractivity contribution in [3.05, 3.63) is 65.2 Å². The minimum absolute atomic E-state index is 0.166. The molecule has 0 aliphatic carbocycles. The van der Waals surface area contributed by atoms with E-state index in [4.69, 9.17) is 11.6 Å². The van der Waals surface area contributed by atoms with Gasteiger partial charge in [-0.2, -0.15) is 0 Å². The van der Waals surface area contributed by atoms with E-state index in [0.717, 1.165) is 16.1 Å². The Balaban J connectivity index is 2.15. The summed E-state index contributed by atoms with van der Waals surface area (Å²) in [4.78, 5) is 12.4. The highest BCUT2D eigenvalue weighted by molar-refractivity contribution is 7.92. The molecule has 0 radical (unpaired) electrons. The lowest BCUT2D eigenvalue weighted by Gasteiger charge is -2.24. The van der Waals surface area contributed by atoms with Crippen LogP contribution in [0.15, 0.2) is 54.6 Å². The molecule has 5 nitrogen and oxygen atoms in total. The normalized spacial score (nSPS) is 12.4. The van der Waals surface area contributed by atoms with Crippen LogP contribution >= 0.6 is 11.6 Å². The van der Waals surface area contributed by atoms with Crippen molar-refractivity contribution in [2.45, 2.75) is 19.4 Å². The lowest BCUT2D eigenvalue weighted by atomic mass is 10.0. The van der Waals surface area contributed by atoms with Crippen LogP contribution in [-0.2, 0) is 14.8 Å². The van der Waals surface area contributed by atoms with Crippen molar-refractivity contribution < 1.29 is 13.2 Å². The molecule has 1 atom stereocenters. The number of nitrogens with zero attached hydrogens (tertiary/aromatic N) is 1. The first-order valence-electron chi connectivity index (χ1n) is 7.89. The maximum Gasteiger partial charge on any atom is 0.241 e. The Kier molecular flexibility index (Phi) is 6.45. The number of benzene rings is 2. The summed E-state index contributed by atoms with van der Waals surface area (Å²) in [6, 6.07) is 15.7. The summed E-state index contributed by atoms with van der Waals surface area (Å²) in [5.41, 5.74) is 1.38. The van der Waals surface area contributed by atoms with Gasteiger partial charge < -0.3 is 5.32 Å². The summed E-state index contributed by atoms with van der Waals surface area (Å²) in [6.07, 6.45) is 1.78. The smallest absolute Gasteiger partial charge is 0.241 e. The number of carbonyl (C=O) groups excluding carboxylic acids is 1. The topological polar surface area (TPSA) is 66.5 Å². The summed E-state index contributed by atoms with van der Waals surface area (Å²) in [6.45, 7) is 1.68. The molecule has 134 valence electrons. The van der Waals surface area contributed by atoms with E-state index in [1.165, 1.54) is 0 Å². The number of carbonyl (C=O) groups is 1. The predicted molar refractivity (Wildman–Crippen MR) is 101 cm³/mol. The zero-order valence-corrected chi connectivity index (χ0v) is 15.7. The monoisotopic (exact) mass is 380 g/mol. The third kappa shape index (κ3) is 5.47. The van der Waals surface area contributed by atoms with Crippen LogP contribution in [0.25, 0.3) is 0 Å². The van der Waals surface area contributed by atoms with E-state index in [0.29, 0.717) is 17.1 Å². The highest BCUT2D eigenvalue weighted by atomic mass is 35.5. The summed E-state index contributed by atoms with van der Waals surface area (Å²) >= 11 is 5.84. The molecular formula is C18H21ClN2O3S. The van der Waals surface area contributed by atoms with Gasteiger partial charge in [0.1, 0.15) is 6.54 Å². The van der Waals surface area contributed by atoms with Crippen LogP contribution in [0.4, 0.5) is 5.69 Å². The Bertz CT molecular complexity index is 808. The molecule has 1 amide bonds. The van der Waals surface area contributed by atoms with Gasteiger partial charge in [0.2, 0.25) is 15.9 Å². The van der Waals surface area contributed by atoms with Crippen LogP contribution in [0.5, 0.6) is 0 Å². The molecular weight excluding hydrogens is 360 g/mol. The van der Waals surface area contributed by atoms with Gasteiger partial charge in [-0.05, 0) is 36.2 Å². The summed E-state index contributed by atoms with van der Waals surface area (Å²) in [5.74, 6) is -0.365. The van der Waals surface area contributed by atoms with Gasteiger partial charge in [0.05, 0.1) is 18.0 Å². The van der Waals surface area contributed by atoms with Crippen LogP contribution in [-0.4, -0.2) is 27.1 Å². The van der Waals surface area contributed by atoms with E-state index in [1.807, 2.05) is 37.3 Å². The van der Waals surface area contributed by atoms with Gasteiger partial charge in [0, 0.05) is 5.02 Å². The number of nitrogens with one attached hydrogen (secondary N) is 1. The zero-order valence-electron chi connectivity index (χ0n) is 14.1. The van der Waals surface area contributed by atoms with E-state index in [2.05, 4.69) is 5.32 Å². The predicted octanol–water partition coefficient (Wildman–Crippen LogP) is 3.37. The largest absolute Gasteiger partial charge is 0.348 e. The summed E-state index contributed by atoms with van der Waals surface area (Å²) in [5, 5.41) is 3.39. The standard InChI is InChI=1S/C18H21ClN2O3S/c1-3-17(14-7-5-4-6-8-14)20-18(22)13-21(25(2,23)24)16-11-9-15(19)10-12-16/h4-12,17H,3,13H2,1-2H3,(H,20,22). The maximum atomic E-state index is 12.4. The molecule has 0 aliphatic rings. The van der Waals surface area contributed by atoms with E-state index in [1.54, 1.807) is 24.3 Å². The molecule has 25 heavy (non-hydrogen) atoms. The van der Waals surface area contributed by atoms with E-state index < -0.39 is 10.0 Å². The Morgan fingerprint density at radius 3 is 2.24 bits per heavy atom. The van der Waals surface area contributed by atoms with Crippen molar-refractivity contribution in [2.24, 2.45) is 0 Å². The second-order valence-corrected chi connectivity index (χ2v) is 8.03. The molecule has 2 rings (SSSR count). The van der Waals surface area contributed by atoms with E-state index in [9.17, 15) is 13.2 Å². The Morgan fingerprint density at radius 2 is 1.72 bits per heavy atom. The number of rotatable bonds is 7. The number of hydrogen-bond acceptors (Lipinski definition) is 3. The molecule has 2 aromatic carbocycles. The van der Waals surface area contributed by atoms with Crippen LogP contribution in [0.1, 0.15) is 24.9 Å². The average molecular weight is 381 g/mol. The third-order valence-electron chi connectivity index (χ3n) is 3.75. The summed E-state index contributed by atoms with van der Waals surface area (Å²) < 4.78 is 25.2. The van der Waals surface area contributed by atoms with Crippen molar-refractivity contribution >= 4 is 33.2 Å². The molecule has 0 heterocycles. The first-order chi connectivity index (χ1) is 11.8. The Morgan fingerprint density at radius 1 is 1.12 bits per heavy atom. The van der Waals surface area contributed by atoms with Gasteiger partial charge >= 0.3 is 0 Å². The molecule has 2 aromatic rings. The van der Waals surface area contributed by atoms with Crippen LogP contribution in [0, 0.1) is 0 Å². The third-order valence-corrected chi connectivity index (χ3v) is 5.14. The van der Waals surface area contributed by atoms with E-state index >= 15 is 0 Å². The highest BCUT2D eigenvalue weighted by Crippen LogP contribution is 2.21. The molecule has 0 saturated heterocycles. The molecule has 0 aromatic heterocycles. The number of anilines is 1. The quantitative estimate of drug-likeness (QED) is 0.800. The fourth-order valence-corrected chi connectivity index (χ4v) is 3.47. The molecule has 0 saturated carbocycles. The molecule has 0 fully saturated rings. The summed E-state index contributed by atoms with van der Waals surface area (Å²) in [7, 11) is -3.60. The lowest BCUT2D eigenvalue weighted by molar-refractivity contribution is -0.120. The molecule has 1 unspecified atom stereocenters. The minimum Gasteiger partial charge on any atom is -0.348 e. The van der Waals surface area contributed by atoms with Crippen molar-refractivity contribution in [1.29, 1.82) is 0 Å². The lowest BCUT2D eigenvalue weighted by Crippen LogP contribution is -2.41. The van der Waals surface area contributed by atoms with Crippen molar-refractivity contribution in [2.75, 3.05) is 17.1 Å². The molecule has 0 spiro atoms. The molecule has 0 aliphatic heterocycles. The van der Waals surface area contributed by atoms with Gasteiger partial charge in [0.25, 0.3) is 0 Å². The maximum absolute atomic E-state index is 12.4. The van der Waals surface area contributed by atoms with Crippen LogP contribution in [0.2, 0.25) is 5.02 Å². The SMILES string of the molecule is CCC(NC(=O)CN(c1ccc(Cl)cc1)S(C)(=O)=O)c1ccccc1. The molecule has 0 bridgehead atoms. The second-order valence-electron chi connectivity index (χ2n) is 5.69. The van der Waals surface area contributed by atoms with Gasteiger partial charge in [-0.25, -0.2) is 8.42 Å². The van der Waals surface area contributed by atoms with Crippen molar-refractivity contribution in [1.82, 2.24) is 5.32 Å². The fraction of sp³-hybridized carbons (Fsp3) is 0.278. The Hall–Kier alpha value is -2.05. The number of amides is 1. The molecule has 7 heteroatoms. The number of hydrogen-bond donors (Lipinski definition) is 1. The van der Waals surface area contributed by atoms with Gasteiger partial charge in [-0.15, -0.1) is 0 Å². The minimum atomic E-state index is -3.60. The number of halogens is 1. The van der Waals surface area contributed by atoms with Gasteiger partial charge in [-0.1, -0.05) is 48.9 Å². The first kappa shape index (κ1) is 19.3. The first-order valence-corrected chi connectivity index (χ1v) is 10.1. The van der Waals surface area contributed by atoms with Crippen LogP contribution in [0.3, 0.4) is 0 Å². The van der Waals surface area contributed by atoms with Gasteiger partial charge in [0.15, 0.2) is 0 Å². The van der Waals surface area contributed by atoms with Crippen LogP contribution < -0.4 is 9.62 Å². The van der Waals surface area contributed by atoms with E-state index in [-0.39, 0.29) is 18.5 Å². The Labute approximate surface area is 153 Å². The van der Waals surface area contributed by atoms with Crippen molar-refractivity contribution in [3.8, 4) is 0 Å². The van der Waals surface area contributed by atoms with Crippen molar-refractivity contribution in [3.63, 3.8) is 0 Å². The fourth-order valence-electron chi connectivity index (χ4n) is 2.48. The van der Waals surface area contributed by atoms with Gasteiger partial charge in [-0.3, -0.25) is 9.10 Å². The highest BCUT2D eigenvalue weighted by Gasteiger charge is 2.22. The number of sulfonamides is 1. The average Bonchev–Trinajstić information content (AvgIpc) is 2.58. The molecule has 1 N–H and O–H groups in total.